The van der Waals surface area contributed by atoms with Crippen molar-refractivity contribution in [3.63, 3.8) is 0 Å². The molecular weight excluding hydrogens is 256 g/mol. The van der Waals surface area contributed by atoms with E-state index in [9.17, 15) is 0 Å². The van der Waals surface area contributed by atoms with E-state index in [0.29, 0.717) is 12.0 Å². The molecule has 0 saturated heterocycles. The van der Waals surface area contributed by atoms with Gasteiger partial charge in [-0.05, 0) is 51.0 Å². The second-order valence-corrected chi connectivity index (χ2v) is 7.10. The Morgan fingerprint density at radius 1 is 0.952 bits per heavy atom. The summed E-state index contributed by atoms with van der Waals surface area (Å²) in [5.41, 5.74) is 3.11. The first-order valence-corrected chi connectivity index (χ1v) is 8.46. The highest BCUT2D eigenvalue weighted by molar-refractivity contribution is 5.29. The van der Waals surface area contributed by atoms with Gasteiger partial charge < -0.3 is 10.2 Å². The summed E-state index contributed by atoms with van der Waals surface area (Å²) in [5, 5.41) is 3.62. The van der Waals surface area contributed by atoms with Crippen molar-refractivity contribution in [3.05, 3.63) is 35.4 Å². The SMILES string of the molecule is CNC(c1ccc(C(C)C)cc1)C1(N(C)C)CCCCC1. The lowest BCUT2D eigenvalue weighted by Crippen LogP contribution is -2.54. The molecule has 1 saturated carbocycles. The van der Waals surface area contributed by atoms with Crippen LogP contribution in [0, 0.1) is 0 Å². The standard InChI is InChI=1S/C19H32N2/c1-15(2)16-9-11-17(12-10-16)18(20-3)19(21(4)5)13-7-6-8-14-19/h9-12,15,18,20H,6-8,13-14H2,1-5H3. The van der Waals surface area contributed by atoms with Gasteiger partial charge in [-0.1, -0.05) is 57.4 Å². The first-order chi connectivity index (χ1) is 10.0. The Morgan fingerprint density at radius 3 is 1.90 bits per heavy atom. The number of hydrogen-bond donors (Lipinski definition) is 1. The highest BCUT2D eigenvalue weighted by Crippen LogP contribution is 2.42. The van der Waals surface area contributed by atoms with Gasteiger partial charge in [-0.25, -0.2) is 0 Å². The van der Waals surface area contributed by atoms with Gasteiger partial charge in [-0.2, -0.15) is 0 Å². The monoisotopic (exact) mass is 288 g/mol. The zero-order valence-electron chi connectivity index (χ0n) is 14.4. The molecule has 0 spiro atoms. The van der Waals surface area contributed by atoms with Gasteiger partial charge in [0.15, 0.2) is 0 Å². The number of nitrogens with one attached hydrogen (secondary N) is 1. The molecule has 1 N–H and O–H groups in total. The molecule has 0 aliphatic heterocycles. The van der Waals surface area contributed by atoms with E-state index in [1.165, 1.54) is 43.2 Å². The van der Waals surface area contributed by atoms with Crippen LogP contribution in [0.2, 0.25) is 0 Å². The van der Waals surface area contributed by atoms with E-state index in [1.54, 1.807) is 0 Å². The van der Waals surface area contributed by atoms with Gasteiger partial charge in [-0.3, -0.25) is 0 Å². The maximum Gasteiger partial charge on any atom is 0.0504 e. The van der Waals surface area contributed by atoms with Gasteiger partial charge in [0.25, 0.3) is 0 Å². The van der Waals surface area contributed by atoms with E-state index in [-0.39, 0.29) is 5.54 Å². The first-order valence-electron chi connectivity index (χ1n) is 8.46. The first kappa shape index (κ1) is 16.5. The number of benzene rings is 1. The van der Waals surface area contributed by atoms with Crippen molar-refractivity contribution in [2.75, 3.05) is 21.1 Å². The Morgan fingerprint density at radius 2 is 1.48 bits per heavy atom. The second-order valence-electron chi connectivity index (χ2n) is 7.10. The summed E-state index contributed by atoms with van der Waals surface area (Å²) in [6.07, 6.45) is 6.66. The largest absolute Gasteiger partial charge is 0.311 e. The molecule has 1 fully saturated rings. The van der Waals surface area contributed by atoms with Crippen molar-refractivity contribution in [1.82, 2.24) is 10.2 Å². The van der Waals surface area contributed by atoms with Crippen LogP contribution in [0.3, 0.4) is 0 Å². The van der Waals surface area contributed by atoms with Crippen LogP contribution in [-0.2, 0) is 0 Å². The molecule has 0 radical (unpaired) electrons. The predicted octanol–water partition coefficient (Wildman–Crippen LogP) is 4.34. The smallest absolute Gasteiger partial charge is 0.0504 e. The molecule has 0 bridgehead atoms. The van der Waals surface area contributed by atoms with E-state index in [4.69, 9.17) is 0 Å². The van der Waals surface area contributed by atoms with Crippen molar-refractivity contribution in [2.24, 2.45) is 0 Å². The lowest BCUT2D eigenvalue weighted by Gasteiger charge is -2.48. The zero-order valence-corrected chi connectivity index (χ0v) is 14.4. The molecule has 2 rings (SSSR count). The van der Waals surface area contributed by atoms with Crippen molar-refractivity contribution in [2.45, 2.75) is 63.5 Å². The maximum atomic E-state index is 3.62. The van der Waals surface area contributed by atoms with E-state index in [0.717, 1.165) is 0 Å². The summed E-state index contributed by atoms with van der Waals surface area (Å²) in [5.74, 6) is 0.601. The predicted molar refractivity (Wildman–Crippen MR) is 91.8 cm³/mol. The van der Waals surface area contributed by atoms with Crippen LogP contribution in [0.25, 0.3) is 0 Å². The lowest BCUT2D eigenvalue weighted by atomic mass is 9.73. The molecule has 1 aromatic rings. The van der Waals surface area contributed by atoms with Gasteiger partial charge in [0.2, 0.25) is 0 Å². The highest BCUT2D eigenvalue weighted by Gasteiger charge is 2.41. The molecule has 1 aliphatic carbocycles. The van der Waals surface area contributed by atoms with E-state index in [2.05, 4.69) is 69.5 Å². The highest BCUT2D eigenvalue weighted by atomic mass is 15.2. The normalized spacial score (nSPS) is 20.0. The van der Waals surface area contributed by atoms with Gasteiger partial charge in [0.05, 0.1) is 6.04 Å². The van der Waals surface area contributed by atoms with Crippen LogP contribution in [0.1, 0.15) is 69.0 Å². The zero-order chi connectivity index (χ0) is 15.5. The number of rotatable bonds is 5. The molecule has 2 heteroatoms. The molecule has 0 amide bonds. The van der Waals surface area contributed by atoms with E-state index >= 15 is 0 Å². The minimum Gasteiger partial charge on any atom is -0.311 e. The third-order valence-electron chi connectivity index (χ3n) is 5.37. The third kappa shape index (κ3) is 3.32. The lowest BCUT2D eigenvalue weighted by molar-refractivity contribution is 0.0594. The topological polar surface area (TPSA) is 15.3 Å². The minimum absolute atomic E-state index is 0.256. The molecule has 21 heavy (non-hydrogen) atoms. The van der Waals surface area contributed by atoms with Crippen molar-refractivity contribution in [1.29, 1.82) is 0 Å². The molecule has 1 unspecified atom stereocenters. The van der Waals surface area contributed by atoms with Gasteiger partial charge >= 0.3 is 0 Å². The average molecular weight is 288 g/mol. The van der Waals surface area contributed by atoms with Crippen molar-refractivity contribution >= 4 is 0 Å². The quantitative estimate of drug-likeness (QED) is 0.867. The maximum absolute atomic E-state index is 3.62. The Balaban J connectivity index is 2.32. The van der Waals surface area contributed by atoms with Crippen LogP contribution in [0.15, 0.2) is 24.3 Å². The molecule has 0 heterocycles. The molecule has 1 aliphatic rings. The summed E-state index contributed by atoms with van der Waals surface area (Å²) < 4.78 is 0. The van der Waals surface area contributed by atoms with Gasteiger partial charge in [-0.15, -0.1) is 0 Å². The van der Waals surface area contributed by atoms with E-state index < -0.39 is 0 Å². The Kier molecular flexibility index (Phi) is 5.45. The van der Waals surface area contributed by atoms with Crippen LogP contribution < -0.4 is 5.32 Å². The molecule has 118 valence electrons. The van der Waals surface area contributed by atoms with Crippen LogP contribution in [0.5, 0.6) is 0 Å². The average Bonchev–Trinajstić information content (AvgIpc) is 2.49. The molecule has 1 atom stereocenters. The number of nitrogens with zero attached hydrogens (tertiary/aromatic N) is 1. The summed E-state index contributed by atoms with van der Waals surface area (Å²) in [4.78, 5) is 2.46. The summed E-state index contributed by atoms with van der Waals surface area (Å²) in [6.45, 7) is 4.51. The molecular formula is C19H32N2. The second kappa shape index (κ2) is 6.93. The fraction of sp³-hybridized carbons (Fsp3) is 0.684. The van der Waals surface area contributed by atoms with Gasteiger partial charge in [0.1, 0.15) is 0 Å². The fourth-order valence-corrected chi connectivity index (χ4v) is 3.98. The Bertz CT molecular complexity index is 427. The van der Waals surface area contributed by atoms with Gasteiger partial charge in [0, 0.05) is 5.54 Å². The Hall–Kier alpha value is -0.860. The van der Waals surface area contributed by atoms with Crippen LogP contribution in [-0.4, -0.2) is 31.6 Å². The third-order valence-corrected chi connectivity index (χ3v) is 5.37. The van der Waals surface area contributed by atoms with Crippen molar-refractivity contribution < 1.29 is 0 Å². The summed E-state index contributed by atoms with van der Waals surface area (Å²) in [7, 11) is 6.61. The molecule has 1 aromatic carbocycles. The Labute approximate surface area is 130 Å². The van der Waals surface area contributed by atoms with Crippen LogP contribution >= 0.6 is 0 Å². The molecule has 0 aromatic heterocycles. The minimum atomic E-state index is 0.256. The summed E-state index contributed by atoms with van der Waals surface area (Å²) in [6, 6.07) is 9.67. The number of likely N-dealkylation sites (N-methyl/N-ethyl adjacent to an activating group) is 2. The summed E-state index contributed by atoms with van der Waals surface area (Å²) >= 11 is 0. The number of hydrogen-bond acceptors (Lipinski definition) is 2. The fourth-order valence-electron chi connectivity index (χ4n) is 3.98. The van der Waals surface area contributed by atoms with Crippen LogP contribution in [0.4, 0.5) is 0 Å². The van der Waals surface area contributed by atoms with E-state index in [1.807, 2.05) is 0 Å². The van der Waals surface area contributed by atoms with Crippen molar-refractivity contribution in [3.8, 4) is 0 Å². The molecule has 2 nitrogen and oxygen atoms in total.